The largest absolute Gasteiger partial charge is 0.481 e. The Labute approximate surface area is 109 Å². The van der Waals surface area contributed by atoms with Gasteiger partial charge in [0.25, 0.3) is 0 Å². The molecule has 1 saturated heterocycles. The van der Waals surface area contributed by atoms with Crippen LogP contribution in [0.2, 0.25) is 0 Å². The molecule has 1 fully saturated rings. The van der Waals surface area contributed by atoms with E-state index in [0.29, 0.717) is 23.8 Å². The number of carboxylic acids is 1. The zero-order valence-electron chi connectivity index (χ0n) is 9.63. The number of nitrogens with one attached hydrogen (secondary N) is 1. The lowest BCUT2D eigenvalue weighted by Crippen LogP contribution is -2.24. The van der Waals surface area contributed by atoms with E-state index in [2.05, 4.69) is 10.3 Å². The van der Waals surface area contributed by atoms with Gasteiger partial charge in [-0.25, -0.2) is 13.4 Å². The third kappa shape index (κ3) is 3.20. The lowest BCUT2D eigenvalue weighted by Gasteiger charge is -2.09. The van der Waals surface area contributed by atoms with Crippen molar-refractivity contribution in [3.63, 3.8) is 0 Å². The van der Waals surface area contributed by atoms with Crippen molar-refractivity contribution in [2.75, 3.05) is 17.6 Å². The van der Waals surface area contributed by atoms with E-state index >= 15 is 0 Å². The number of hydrogen-bond donors (Lipinski definition) is 2. The van der Waals surface area contributed by atoms with Crippen LogP contribution in [0.15, 0.2) is 5.38 Å². The molecule has 8 heteroatoms. The quantitative estimate of drug-likeness (QED) is 0.831. The first-order valence-corrected chi connectivity index (χ1v) is 8.18. The molecular weight excluding hydrogens is 276 g/mol. The first kappa shape index (κ1) is 13.3. The van der Waals surface area contributed by atoms with E-state index in [1.165, 1.54) is 11.3 Å². The number of aliphatic carboxylic acids is 1. The van der Waals surface area contributed by atoms with Crippen LogP contribution in [0.4, 0.5) is 5.13 Å². The second-order valence-electron chi connectivity index (χ2n) is 4.23. The fraction of sp³-hybridized carbons (Fsp3) is 0.600. The summed E-state index contributed by atoms with van der Waals surface area (Å²) < 4.78 is 23.2. The number of rotatable bonds is 5. The average molecular weight is 290 g/mol. The summed E-state index contributed by atoms with van der Waals surface area (Å²) in [6.07, 6.45) is 1.29. The van der Waals surface area contributed by atoms with Crippen molar-refractivity contribution in [3.05, 3.63) is 11.1 Å². The SMILES string of the molecule is O=C(O)Cc1csc(NCC2CCCS2(=O)=O)n1. The Bertz CT molecular complexity index is 538. The van der Waals surface area contributed by atoms with Gasteiger partial charge in [-0.15, -0.1) is 11.3 Å². The van der Waals surface area contributed by atoms with Crippen LogP contribution in [0.3, 0.4) is 0 Å². The summed E-state index contributed by atoms with van der Waals surface area (Å²) in [5, 5.41) is 13.5. The van der Waals surface area contributed by atoms with Gasteiger partial charge in [-0.3, -0.25) is 4.79 Å². The molecule has 2 N–H and O–H groups in total. The van der Waals surface area contributed by atoms with Crippen LogP contribution in [0.5, 0.6) is 0 Å². The maximum atomic E-state index is 11.6. The van der Waals surface area contributed by atoms with Crippen molar-refractivity contribution in [1.82, 2.24) is 4.98 Å². The van der Waals surface area contributed by atoms with Crippen molar-refractivity contribution in [2.24, 2.45) is 0 Å². The molecule has 2 heterocycles. The summed E-state index contributed by atoms with van der Waals surface area (Å²) in [5.74, 6) is -0.660. The molecule has 0 amide bonds. The van der Waals surface area contributed by atoms with Crippen LogP contribution in [0, 0.1) is 0 Å². The van der Waals surface area contributed by atoms with Crippen LogP contribution < -0.4 is 5.32 Å². The minimum Gasteiger partial charge on any atom is -0.481 e. The Balaban J connectivity index is 1.90. The second kappa shape index (κ2) is 5.23. The summed E-state index contributed by atoms with van der Waals surface area (Å²) in [4.78, 5) is 14.6. The number of carbonyl (C=O) groups is 1. The van der Waals surface area contributed by atoms with Gasteiger partial charge in [0, 0.05) is 11.9 Å². The molecule has 6 nitrogen and oxygen atoms in total. The molecule has 0 aromatic carbocycles. The molecule has 1 unspecified atom stereocenters. The third-order valence-electron chi connectivity index (χ3n) is 2.83. The fourth-order valence-corrected chi connectivity index (χ4v) is 4.40. The van der Waals surface area contributed by atoms with Gasteiger partial charge >= 0.3 is 5.97 Å². The lowest BCUT2D eigenvalue weighted by molar-refractivity contribution is -0.136. The highest BCUT2D eigenvalue weighted by molar-refractivity contribution is 7.92. The Kier molecular flexibility index (Phi) is 3.86. The van der Waals surface area contributed by atoms with Crippen molar-refractivity contribution < 1.29 is 18.3 Å². The normalized spacial score (nSPS) is 21.9. The number of carboxylic acid groups (broad SMARTS) is 1. The third-order valence-corrected chi connectivity index (χ3v) is 5.95. The molecule has 1 aromatic heterocycles. The van der Waals surface area contributed by atoms with E-state index in [4.69, 9.17) is 5.11 Å². The smallest absolute Gasteiger partial charge is 0.309 e. The van der Waals surface area contributed by atoms with Crippen LogP contribution >= 0.6 is 11.3 Å². The summed E-state index contributed by atoms with van der Waals surface area (Å²) in [6, 6.07) is 0. The molecule has 0 spiro atoms. The van der Waals surface area contributed by atoms with Gasteiger partial charge < -0.3 is 10.4 Å². The minimum absolute atomic E-state index is 0.111. The fourth-order valence-electron chi connectivity index (χ4n) is 1.91. The van der Waals surface area contributed by atoms with Gasteiger partial charge in [-0.1, -0.05) is 0 Å². The zero-order chi connectivity index (χ0) is 13.2. The molecule has 0 saturated carbocycles. The van der Waals surface area contributed by atoms with Crippen LogP contribution in [-0.2, 0) is 21.1 Å². The summed E-state index contributed by atoms with van der Waals surface area (Å²) in [6.45, 7) is 0.350. The van der Waals surface area contributed by atoms with Gasteiger partial charge in [0.1, 0.15) is 0 Å². The lowest BCUT2D eigenvalue weighted by atomic mass is 10.2. The molecule has 1 aliphatic heterocycles. The predicted molar refractivity (Wildman–Crippen MR) is 68.8 cm³/mol. The average Bonchev–Trinajstić information content (AvgIpc) is 2.81. The maximum absolute atomic E-state index is 11.6. The van der Waals surface area contributed by atoms with Crippen LogP contribution in [-0.4, -0.2) is 42.0 Å². The highest BCUT2D eigenvalue weighted by Gasteiger charge is 2.30. The molecular formula is C10H14N2O4S2. The topological polar surface area (TPSA) is 96.4 Å². The Morgan fingerprint density at radius 3 is 3.00 bits per heavy atom. The molecule has 1 atom stereocenters. The highest BCUT2D eigenvalue weighted by Crippen LogP contribution is 2.22. The van der Waals surface area contributed by atoms with Gasteiger partial charge in [0.05, 0.1) is 23.1 Å². The molecule has 1 aromatic rings. The van der Waals surface area contributed by atoms with Gasteiger partial charge in [0.2, 0.25) is 0 Å². The summed E-state index contributed by atoms with van der Waals surface area (Å²) in [7, 11) is -2.95. The van der Waals surface area contributed by atoms with E-state index in [-0.39, 0.29) is 17.4 Å². The van der Waals surface area contributed by atoms with Crippen LogP contribution in [0.1, 0.15) is 18.5 Å². The van der Waals surface area contributed by atoms with E-state index in [1.54, 1.807) is 5.38 Å². The van der Waals surface area contributed by atoms with Crippen molar-refractivity contribution in [1.29, 1.82) is 0 Å². The van der Waals surface area contributed by atoms with Gasteiger partial charge in [0.15, 0.2) is 15.0 Å². The number of anilines is 1. The Morgan fingerprint density at radius 2 is 2.39 bits per heavy atom. The number of nitrogens with zero attached hydrogens (tertiary/aromatic N) is 1. The molecule has 100 valence electrons. The monoisotopic (exact) mass is 290 g/mol. The Hall–Kier alpha value is -1.15. The van der Waals surface area contributed by atoms with Crippen molar-refractivity contribution >= 4 is 32.3 Å². The molecule has 0 radical (unpaired) electrons. The first-order valence-electron chi connectivity index (χ1n) is 5.59. The zero-order valence-corrected chi connectivity index (χ0v) is 11.3. The van der Waals surface area contributed by atoms with Crippen molar-refractivity contribution in [2.45, 2.75) is 24.5 Å². The van der Waals surface area contributed by atoms with E-state index in [9.17, 15) is 13.2 Å². The van der Waals surface area contributed by atoms with E-state index < -0.39 is 15.8 Å². The molecule has 0 bridgehead atoms. The molecule has 2 rings (SSSR count). The van der Waals surface area contributed by atoms with E-state index in [1.807, 2.05) is 0 Å². The summed E-state index contributed by atoms with van der Waals surface area (Å²) >= 11 is 1.29. The van der Waals surface area contributed by atoms with Crippen molar-refractivity contribution in [3.8, 4) is 0 Å². The maximum Gasteiger partial charge on any atom is 0.309 e. The number of sulfone groups is 1. The van der Waals surface area contributed by atoms with Gasteiger partial charge in [-0.05, 0) is 12.8 Å². The second-order valence-corrected chi connectivity index (χ2v) is 7.49. The standard InChI is InChI=1S/C10H14N2O4S2/c13-9(14)4-7-6-17-10(12-7)11-5-8-2-1-3-18(8,15)16/h6,8H,1-5H2,(H,11,12)(H,13,14). The number of hydrogen-bond acceptors (Lipinski definition) is 6. The summed E-state index contributed by atoms with van der Waals surface area (Å²) in [5.41, 5.74) is 0.490. The predicted octanol–water partition coefficient (Wildman–Crippen LogP) is 0.759. The molecule has 0 aliphatic carbocycles. The van der Waals surface area contributed by atoms with E-state index in [0.717, 1.165) is 6.42 Å². The molecule has 1 aliphatic rings. The van der Waals surface area contributed by atoms with Crippen LogP contribution in [0.25, 0.3) is 0 Å². The minimum atomic E-state index is -2.95. The highest BCUT2D eigenvalue weighted by atomic mass is 32.2. The molecule has 18 heavy (non-hydrogen) atoms. The number of thiazole rings is 1. The van der Waals surface area contributed by atoms with Gasteiger partial charge in [-0.2, -0.15) is 0 Å². The Morgan fingerprint density at radius 1 is 1.61 bits per heavy atom. The number of aromatic nitrogens is 1. The first-order chi connectivity index (χ1) is 8.47.